The molecule has 1 aliphatic heterocycles. The van der Waals surface area contributed by atoms with Gasteiger partial charge in [0.1, 0.15) is 0 Å². The van der Waals surface area contributed by atoms with Crippen molar-refractivity contribution in [3.05, 3.63) is 0 Å². The van der Waals surface area contributed by atoms with E-state index < -0.39 is 0 Å². The van der Waals surface area contributed by atoms with E-state index in [4.69, 9.17) is 0 Å². The van der Waals surface area contributed by atoms with Crippen LogP contribution in [0.3, 0.4) is 0 Å². The molecule has 0 spiro atoms. The van der Waals surface area contributed by atoms with Gasteiger partial charge in [0.05, 0.1) is 0 Å². The van der Waals surface area contributed by atoms with Crippen molar-refractivity contribution in [2.24, 2.45) is 5.92 Å². The van der Waals surface area contributed by atoms with Crippen LogP contribution in [0.25, 0.3) is 0 Å². The van der Waals surface area contributed by atoms with Crippen molar-refractivity contribution in [3.8, 4) is 0 Å². The number of nitrogens with zero attached hydrogens (tertiary/aromatic N) is 1. The van der Waals surface area contributed by atoms with Crippen molar-refractivity contribution in [2.75, 3.05) is 26.7 Å². The van der Waals surface area contributed by atoms with Gasteiger partial charge in [0.15, 0.2) is 0 Å². The van der Waals surface area contributed by atoms with E-state index in [0.29, 0.717) is 0 Å². The Morgan fingerprint density at radius 3 is 2.44 bits per heavy atom. The van der Waals surface area contributed by atoms with Crippen LogP contribution >= 0.6 is 12.4 Å². The Labute approximate surface area is 107 Å². The highest BCUT2D eigenvalue weighted by molar-refractivity contribution is 5.85. The lowest BCUT2D eigenvalue weighted by molar-refractivity contribution is 0.155. The van der Waals surface area contributed by atoms with E-state index in [1.165, 1.54) is 64.6 Å². The zero-order valence-electron chi connectivity index (χ0n) is 10.6. The molecular weight excluding hydrogens is 220 g/mol. The number of piperidine rings is 1. The fourth-order valence-electron chi connectivity index (χ4n) is 3.16. The number of halogens is 1. The summed E-state index contributed by atoms with van der Waals surface area (Å²) in [5.41, 5.74) is 0. The van der Waals surface area contributed by atoms with Gasteiger partial charge < -0.3 is 10.2 Å². The molecule has 1 aliphatic carbocycles. The summed E-state index contributed by atoms with van der Waals surface area (Å²) in [7, 11) is 2.34. The summed E-state index contributed by atoms with van der Waals surface area (Å²) >= 11 is 0. The molecule has 2 rings (SSSR count). The molecule has 1 saturated heterocycles. The molecule has 2 nitrogen and oxygen atoms in total. The second kappa shape index (κ2) is 7.52. The minimum atomic E-state index is 0. The van der Waals surface area contributed by atoms with E-state index in [-0.39, 0.29) is 12.4 Å². The third-order valence-electron chi connectivity index (χ3n) is 4.14. The van der Waals surface area contributed by atoms with Gasteiger partial charge in [0.25, 0.3) is 0 Å². The van der Waals surface area contributed by atoms with Crippen LogP contribution in [0.2, 0.25) is 0 Å². The second-order valence-corrected chi connectivity index (χ2v) is 5.44. The van der Waals surface area contributed by atoms with Crippen LogP contribution in [0.4, 0.5) is 0 Å². The van der Waals surface area contributed by atoms with E-state index in [2.05, 4.69) is 17.3 Å². The molecule has 0 aromatic rings. The summed E-state index contributed by atoms with van der Waals surface area (Å²) in [5.74, 6) is 0.908. The van der Waals surface area contributed by atoms with Crippen LogP contribution in [0.1, 0.15) is 44.9 Å². The predicted molar refractivity (Wildman–Crippen MR) is 72.3 cm³/mol. The summed E-state index contributed by atoms with van der Waals surface area (Å²) in [4.78, 5) is 2.64. The largest absolute Gasteiger partial charge is 0.316 e. The molecule has 1 atom stereocenters. The van der Waals surface area contributed by atoms with Gasteiger partial charge in [-0.3, -0.25) is 0 Å². The average Bonchev–Trinajstić information content (AvgIpc) is 2.31. The number of hydrogen-bond donors (Lipinski definition) is 1. The van der Waals surface area contributed by atoms with E-state index in [1.54, 1.807) is 0 Å². The molecule has 1 heterocycles. The minimum absolute atomic E-state index is 0. The highest BCUT2D eigenvalue weighted by Crippen LogP contribution is 2.23. The highest BCUT2D eigenvalue weighted by atomic mass is 35.5. The number of rotatable bonds is 3. The molecule has 1 N–H and O–H groups in total. The third kappa shape index (κ3) is 4.23. The molecule has 0 aromatic carbocycles. The van der Waals surface area contributed by atoms with Gasteiger partial charge in [-0.15, -0.1) is 12.4 Å². The van der Waals surface area contributed by atoms with Crippen LogP contribution in [0.5, 0.6) is 0 Å². The molecule has 0 radical (unpaired) electrons. The summed E-state index contributed by atoms with van der Waals surface area (Å²) < 4.78 is 0. The van der Waals surface area contributed by atoms with Gasteiger partial charge >= 0.3 is 0 Å². The van der Waals surface area contributed by atoms with Crippen LogP contribution in [0.15, 0.2) is 0 Å². The summed E-state index contributed by atoms with van der Waals surface area (Å²) in [6, 6.07) is 0.890. The van der Waals surface area contributed by atoms with Crippen LogP contribution < -0.4 is 5.32 Å². The monoisotopic (exact) mass is 246 g/mol. The molecule has 3 heteroatoms. The molecule has 1 saturated carbocycles. The van der Waals surface area contributed by atoms with Gasteiger partial charge in [-0.2, -0.15) is 0 Å². The maximum atomic E-state index is 3.52. The van der Waals surface area contributed by atoms with E-state index in [1.807, 2.05) is 0 Å². The summed E-state index contributed by atoms with van der Waals surface area (Å²) in [6.45, 7) is 3.80. The Hall–Kier alpha value is 0.210. The van der Waals surface area contributed by atoms with Gasteiger partial charge in [-0.1, -0.05) is 19.3 Å². The SMILES string of the molecule is CN(CC1CCCNC1)C1CCCCC1.Cl. The first-order valence-corrected chi connectivity index (χ1v) is 6.77. The lowest BCUT2D eigenvalue weighted by Gasteiger charge is -2.35. The normalized spacial score (nSPS) is 27.8. The smallest absolute Gasteiger partial charge is 0.00923 e. The van der Waals surface area contributed by atoms with Crippen LogP contribution in [-0.4, -0.2) is 37.6 Å². The summed E-state index contributed by atoms with van der Waals surface area (Å²) in [6.07, 6.45) is 10.1. The lowest BCUT2D eigenvalue weighted by Crippen LogP contribution is -2.41. The van der Waals surface area contributed by atoms with E-state index in [9.17, 15) is 0 Å². The molecule has 0 amide bonds. The minimum Gasteiger partial charge on any atom is -0.316 e. The molecule has 0 bridgehead atoms. The van der Waals surface area contributed by atoms with Crippen molar-refractivity contribution in [2.45, 2.75) is 51.0 Å². The Balaban J connectivity index is 0.00000128. The first-order chi connectivity index (χ1) is 7.36. The van der Waals surface area contributed by atoms with Crippen LogP contribution in [0, 0.1) is 5.92 Å². The first kappa shape index (κ1) is 14.3. The maximum absolute atomic E-state index is 3.52. The van der Waals surface area contributed by atoms with Crippen molar-refractivity contribution in [1.29, 1.82) is 0 Å². The Bertz CT molecular complexity index is 175. The fourth-order valence-corrected chi connectivity index (χ4v) is 3.16. The molecule has 2 aliphatic rings. The molecular formula is C13H27ClN2. The summed E-state index contributed by atoms with van der Waals surface area (Å²) in [5, 5.41) is 3.52. The molecule has 96 valence electrons. The zero-order chi connectivity index (χ0) is 10.5. The topological polar surface area (TPSA) is 15.3 Å². The molecule has 2 fully saturated rings. The first-order valence-electron chi connectivity index (χ1n) is 6.77. The Morgan fingerprint density at radius 1 is 1.06 bits per heavy atom. The Morgan fingerprint density at radius 2 is 1.81 bits per heavy atom. The van der Waals surface area contributed by atoms with E-state index >= 15 is 0 Å². The van der Waals surface area contributed by atoms with Crippen molar-refractivity contribution < 1.29 is 0 Å². The average molecular weight is 247 g/mol. The number of hydrogen-bond acceptors (Lipinski definition) is 2. The lowest BCUT2D eigenvalue weighted by atomic mass is 9.92. The predicted octanol–water partition coefficient (Wildman–Crippen LogP) is 2.67. The van der Waals surface area contributed by atoms with Crippen molar-refractivity contribution in [1.82, 2.24) is 10.2 Å². The van der Waals surface area contributed by atoms with Gasteiger partial charge in [-0.25, -0.2) is 0 Å². The number of nitrogens with one attached hydrogen (secondary N) is 1. The Kier molecular flexibility index (Phi) is 6.71. The highest BCUT2D eigenvalue weighted by Gasteiger charge is 2.21. The standard InChI is InChI=1S/C13H26N2.ClH/c1-15(13-7-3-2-4-8-13)11-12-6-5-9-14-10-12;/h12-14H,2-11H2,1H3;1H. The molecule has 0 aromatic heterocycles. The fraction of sp³-hybridized carbons (Fsp3) is 1.00. The zero-order valence-corrected chi connectivity index (χ0v) is 11.4. The second-order valence-electron chi connectivity index (χ2n) is 5.44. The van der Waals surface area contributed by atoms with Crippen LogP contribution in [-0.2, 0) is 0 Å². The van der Waals surface area contributed by atoms with Crippen molar-refractivity contribution >= 4 is 12.4 Å². The third-order valence-corrected chi connectivity index (χ3v) is 4.14. The van der Waals surface area contributed by atoms with Gasteiger partial charge in [0.2, 0.25) is 0 Å². The van der Waals surface area contributed by atoms with Gasteiger partial charge in [-0.05, 0) is 51.7 Å². The van der Waals surface area contributed by atoms with Gasteiger partial charge in [0, 0.05) is 12.6 Å². The van der Waals surface area contributed by atoms with Crippen molar-refractivity contribution in [3.63, 3.8) is 0 Å². The quantitative estimate of drug-likeness (QED) is 0.824. The molecule has 16 heavy (non-hydrogen) atoms. The van der Waals surface area contributed by atoms with E-state index in [0.717, 1.165) is 12.0 Å². The maximum Gasteiger partial charge on any atom is 0.00923 e. The molecule has 1 unspecified atom stereocenters.